The van der Waals surface area contributed by atoms with Crippen LogP contribution in [0.5, 0.6) is 0 Å². The maximum atomic E-state index is 2.62. The fraction of sp³-hybridized carbons (Fsp3) is 0.273. The second-order valence-electron chi connectivity index (χ2n) is 6.76. The van der Waals surface area contributed by atoms with Crippen molar-refractivity contribution >= 4 is 22.0 Å². The molecule has 1 aliphatic rings. The van der Waals surface area contributed by atoms with E-state index in [2.05, 4.69) is 88.8 Å². The molecule has 0 radical (unpaired) electrons. The predicted molar refractivity (Wildman–Crippen MR) is 108 cm³/mol. The van der Waals surface area contributed by atoms with Crippen molar-refractivity contribution in [2.24, 2.45) is 0 Å². The molecule has 0 fully saturated rings. The normalized spacial score (nSPS) is 18.0. The summed E-state index contributed by atoms with van der Waals surface area (Å²) in [6.45, 7) is 4.40. The van der Waals surface area contributed by atoms with E-state index in [9.17, 15) is 0 Å². The van der Waals surface area contributed by atoms with Gasteiger partial charge < -0.3 is 4.90 Å². The van der Waals surface area contributed by atoms with Gasteiger partial charge in [-0.3, -0.25) is 4.90 Å². The standard InChI is InChI=1S/C22H24N2S/c1-18-16-20-13-15-25-22(20)24(21-10-6-3-7-11-21)17-23(18)14-12-19-8-4-2-5-9-19/h2-11,13,15,18H,12,14,16-17H2,1H3. The Bertz CT molecular complexity index is 797. The van der Waals surface area contributed by atoms with Crippen molar-refractivity contribution in [2.75, 3.05) is 18.1 Å². The molecule has 1 aliphatic heterocycles. The summed E-state index contributed by atoms with van der Waals surface area (Å²) in [5.41, 5.74) is 4.17. The molecule has 0 saturated heterocycles. The second-order valence-corrected chi connectivity index (χ2v) is 7.65. The number of hydrogen-bond donors (Lipinski definition) is 0. The lowest BCUT2D eigenvalue weighted by Gasteiger charge is -2.32. The topological polar surface area (TPSA) is 6.48 Å². The molecule has 0 saturated carbocycles. The number of rotatable bonds is 4. The van der Waals surface area contributed by atoms with Gasteiger partial charge in [0.1, 0.15) is 0 Å². The van der Waals surface area contributed by atoms with Crippen molar-refractivity contribution in [3.8, 4) is 0 Å². The molecule has 3 heteroatoms. The Labute approximate surface area is 154 Å². The highest BCUT2D eigenvalue weighted by Gasteiger charge is 2.26. The third-order valence-corrected chi connectivity index (χ3v) is 6.01. The van der Waals surface area contributed by atoms with E-state index in [1.54, 1.807) is 0 Å². The zero-order chi connectivity index (χ0) is 17.1. The van der Waals surface area contributed by atoms with E-state index in [0.29, 0.717) is 6.04 Å². The van der Waals surface area contributed by atoms with Crippen LogP contribution in [0.25, 0.3) is 0 Å². The molecule has 4 rings (SSSR count). The Morgan fingerprint density at radius 1 is 0.960 bits per heavy atom. The maximum absolute atomic E-state index is 2.62. The second kappa shape index (κ2) is 7.42. The van der Waals surface area contributed by atoms with Gasteiger partial charge in [-0.15, -0.1) is 11.3 Å². The molecule has 0 N–H and O–H groups in total. The molecule has 2 heterocycles. The van der Waals surface area contributed by atoms with E-state index in [4.69, 9.17) is 0 Å². The molecule has 25 heavy (non-hydrogen) atoms. The van der Waals surface area contributed by atoms with Crippen molar-refractivity contribution < 1.29 is 0 Å². The van der Waals surface area contributed by atoms with E-state index >= 15 is 0 Å². The van der Waals surface area contributed by atoms with Gasteiger partial charge in [0.25, 0.3) is 0 Å². The molecule has 0 aliphatic carbocycles. The molecular formula is C22H24N2S. The Morgan fingerprint density at radius 3 is 2.44 bits per heavy atom. The zero-order valence-corrected chi connectivity index (χ0v) is 15.5. The predicted octanol–water partition coefficient (Wildman–Crippen LogP) is 5.33. The molecule has 1 unspecified atom stereocenters. The molecule has 0 spiro atoms. The third-order valence-electron chi connectivity index (χ3n) is 5.03. The fourth-order valence-electron chi connectivity index (χ4n) is 3.57. The smallest absolute Gasteiger partial charge is 0.0997 e. The Balaban J connectivity index is 1.58. The van der Waals surface area contributed by atoms with Crippen molar-refractivity contribution in [3.63, 3.8) is 0 Å². The van der Waals surface area contributed by atoms with Gasteiger partial charge in [0.2, 0.25) is 0 Å². The Morgan fingerprint density at radius 2 is 1.68 bits per heavy atom. The maximum Gasteiger partial charge on any atom is 0.0997 e. The largest absolute Gasteiger partial charge is 0.319 e. The van der Waals surface area contributed by atoms with Crippen molar-refractivity contribution in [1.82, 2.24) is 4.90 Å². The van der Waals surface area contributed by atoms with E-state index < -0.39 is 0 Å². The van der Waals surface area contributed by atoms with Gasteiger partial charge in [0.15, 0.2) is 0 Å². The molecule has 2 aromatic carbocycles. The van der Waals surface area contributed by atoms with E-state index in [1.165, 1.54) is 21.8 Å². The highest BCUT2D eigenvalue weighted by atomic mass is 32.1. The summed E-state index contributed by atoms with van der Waals surface area (Å²) in [6.07, 6.45) is 2.22. The summed E-state index contributed by atoms with van der Waals surface area (Å²) >= 11 is 1.86. The van der Waals surface area contributed by atoms with Crippen LogP contribution < -0.4 is 4.90 Å². The quantitative estimate of drug-likeness (QED) is 0.628. The van der Waals surface area contributed by atoms with Gasteiger partial charge in [0.05, 0.1) is 11.7 Å². The minimum Gasteiger partial charge on any atom is -0.319 e. The van der Waals surface area contributed by atoms with Gasteiger partial charge in [0, 0.05) is 18.3 Å². The van der Waals surface area contributed by atoms with E-state index in [1.807, 2.05) is 11.3 Å². The van der Waals surface area contributed by atoms with Crippen LogP contribution in [0.2, 0.25) is 0 Å². The van der Waals surface area contributed by atoms with Crippen LogP contribution in [-0.2, 0) is 12.8 Å². The summed E-state index contributed by atoms with van der Waals surface area (Å²) in [6, 6.07) is 24.4. The molecule has 0 amide bonds. The summed E-state index contributed by atoms with van der Waals surface area (Å²) in [5, 5.41) is 3.63. The first kappa shape index (κ1) is 16.4. The number of nitrogens with zero attached hydrogens (tertiary/aromatic N) is 2. The minimum absolute atomic E-state index is 0.547. The van der Waals surface area contributed by atoms with Crippen LogP contribution >= 0.6 is 11.3 Å². The molecule has 1 aromatic heterocycles. The lowest BCUT2D eigenvalue weighted by Crippen LogP contribution is -2.41. The van der Waals surface area contributed by atoms with Crippen molar-refractivity contribution in [3.05, 3.63) is 83.2 Å². The van der Waals surface area contributed by atoms with Crippen LogP contribution in [0.3, 0.4) is 0 Å². The van der Waals surface area contributed by atoms with Crippen LogP contribution in [0.1, 0.15) is 18.1 Å². The third kappa shape index (κ3) is 3.63. The summed E-state index contributed by atoms with van der Waals surface area (Å²) in [7, 11) is 0. The summed E-state index contributed by atoms with van der Waals surface area (Å²) < 4.78 is 0. The van der Waals surface area contributed by atoms with Crippen molar-refractivity contribution in [2.45, 2.75) is 25.8 Å². The van der Waals surface area contributed by atoms with Gasteiger partial charge in [-0.25, -0.2) is 0 Å². The molecule has 3 aromatic rings. The first-order chi connectivity index (χ1) is 12.3. The zero-order valence-electron chi connectivity index (χ0n) is 14.6. The van der Waals surface area contributed by atoms with Crippen LogP contribution in [0.15, 0.2) is 72.1 Å². The minimum atomic E-state index is 0.547. The number of benzene rings is 2. The van der Waals surface area contributed by atoms with E-state index in [-0.39, 0.29) is 0 Å². The number of fused-ring (bicyclic) bond motifs is 1. The molecule has 128 valence electrons. The molecule has 1 atom stereocenters. The summed E-state index contributed by atoms with van der Waals surface area (Å²) in [5.74, 6) is 0. The lowest BCUT2D eigenvalue weighted by atomic mass is 10.1. The Hall–Kier alpha value is -2.10. The first-order valence-electron chi connectivity index (χ1n) is 8.98. The van der Waals surface area contributed by atoms with Gasteiger partial charge in [-0.1, -0.05) is 48.5 Å². The van der Waals surface area contributed by atoms with Crippen LogP contribution in [0.4, 0.5) is 10.7 Å². The highest BCUT2D eigenvalue weighted by Crippen LogP contribution is 2.37. The van der Waals surface area contributed by atoms with Crippen molar-refractivity contribution in [1.29, 1.82) is 0 Å². The lowest BCUT2D eigenvalue weighted by molar-refractivity contribution is 0.220. The van der Waals surface area contributed by atoms with Gasteiger partial charge in [-0.05, 0) is 54.5 Å². The monoisotopic (exact) mass is 348 g/mol. The SMILES string of the molecule is CC1Cc2ccsc2N(c2ccccc2)CN1CCc1ccccc1. The number of para-hydroxylation sites is 1. The highest BCUT2D eigenvalue weighted by molar-refractivity contribution is 7.14. The van der Waals surface area contributed by atoms with Crippen LogP contribution in [-0.4, -0.2) is 24.2 Å². The summed E-state index contributed by atoms with van der Waals surface area (Å²) in [4.78, 5) is 5.10. The fourth-order valence-corrected chi connectivity index (χ4v) is 4.52. The van der Waals surface area contributed by atoms with Gasteiger partial charge >= 0.3 is 0 Å². The Kier molecular flexibility index (Phi) is 4.86. The number of anilines is 2. The van der Waals surface area contributed by atoms with Crippen LogP contribution in [0, 0.1) is 0 Å². The molecular weight excluding hydrogens is 324 g/mol. The van der Waals surface area contributed by atoms with E-state index in [0.717, 1.165) is 26.1 Å². The first-order valence-corrected chi connectivity index (χ1v) is 9.86. The van der Waals surface area contributed by atoms with Gasteiger partial charge in [-0.2, -0.15) is 0 Å². The molecule has 2 nitrogen and oxygen atoms in total. The average Bonchev–Trinajstić information content (AvgIpc) is 3.06. The number of thiophene rings is 1. The number of hydrogen-bond acceptors (Lipinski definition) is 3. The average molecular weight is 349 g/mol. The molecule has 0 bridgehead atoms.